The van der Waals surface area contributed by atoms with Crippen molar-refractivity contribution < 1.29 is 4.79 Å². The van der Waals surface area contributed by atoms with Crippen molar-refractivity contribution in [1.29, 1.82) is 0 Å². The Morgan fingerprint density at radius 1 is 1.33 bits per heavy atom. The lowest BCUT2D eigenvalue weighted by molar-refractivity contribution is 0.0735. The van der Waals surface area contributed by atoms with Crippen molar-refractivity contribution in [2.75, 3.05) is 6.54 Å². The lowest BCUT2D eigenvalue weighted by Crippen LogP contribution is -2.30. The molecule has 1 fully saturated rings. The first-order valence-electron chi connectivity index (χ1n) is 7.85. The number of aromatic nitrogens is 6. The minimum Gasteiger partial charge on any atom is -0.331 e. The van der Waals surface area contributed by atoms with Crippen molar-refractivity contribution in [2.24, 2.45) is 7.05 Å². The monoisotopic (exact) mass is 323 g/mol. The second-order valence-electron chi connectivity index (χ2n) is 5.91. The van der Waals surface area contributed by atoms with Crippen LogP contribution in [0.5, 0.6) is 0 Å². The average Bonchev–Trinajstić information content (AvgIpc) is 3.35. The number of nitrogens with zero attached hydrogens (tertiary/aromatic N) is 7. The summed E-state index contributed by atoms with van der Waals surface area (Å²) in [4.78, 5) is 14.9. The third-order valence-corrected chi connectivity index (χ3v) is 4.33. The van der Waals surface area contributed by atoms with Gasteiger partial charge in [-0.1, -0.05) is 6.07 Å². The van der Waals surface area contributed by atoms with E-state index in [0.717, 1.165) is 30.6 Å². The number of hydrogen-bond donors (Lipinski definition) is 0. The summed E-state index contributed by atoms with van der Waals surface area (Å²) in [5.74, 6) is 0.0243. The molecule has 4 rings (SSSR count). The Morgan fingerprint density at radius 2 is 2.25 bits per heavy atom. The first-order valence-corrected chi connectivity index (χ1v) is 7.85. The molecule has 1 amide bonds. The van der Waals surface area contributed by atoms with Crippen LogP contribution in [0, 0.1) is 0 Å². The fraction of sp³-hybridized carbons (Fsp3) is 0.312. The predicted molar refractivity (Wildman–Crippen MR) is 85.4 cm³/mol. The molecule has 1 aliphatic rings. The van der Waals surface area contributed by atoms with Crippen LogP contribution in [0.15, 0.2) is 43.0 Å². The lowest BCUT2D eigenvalue weighted by atomic mass is 10.1. The smallest absolute Gasteiger partial charge is 0.254 e. The summed E-state index contributed by atoms with van der Waals surface area (Å²) >= 11 is 0. The maximum atomic E-state index is 13.0. The summed E-state index contributed by atoms with van der Waals surface area (Å²) in [6.07, 6.45) is 7.29. The van der Waals surface area contributed by atoms with Crippen LogP contribution in [0.2, 0.25) is 0 Å². The molecule has 1 aromatic carbocycles. The van der Waals surface area contributed by atoms with E-state index in [-0.39, 0.29) is 11.9 Å². The van der Waals surface area contributed by atoms with Gasteiger partial charge < -0.3 is 4.90 Å². The van der Waals surface area contributed by atoms with E-state index < -0.39 is 0 Å². The van der Waals surface area contributed by atoms with Gasteiger partial charge in [-0.05, 0) is 41.5 Å². The Morgan fingerprint density at radius 3 is 3.00 bits per heavy atom. The molecule has 8 nitrogen and oxygen atoms in total. The molecule has 0 N–H and O–H groups in total. The van der Waals surface area contributed by atoms with E-state index in [1.165, 1.54) is 6.33 Å². The highest BCUT2D eigenvalue weighted by Crippen LogP contribution is 2.33. The molecule has 1 atom stereocenters. The Bertz CT molecular complexity index is 855. The highest BCUT2D eigenvalue weighted by Gasteiger charge is 2.31. The summed E-state index contributed by atoms with van der Waals surface area (Å²) in [5, 5.41) is 15.4. The molecule has 3 aromatic rings. The lowest BCUT2D eigenvalue weighted by Gasteiger charge is -2.24. The number of hydrogen-bond acceptors (Lipinski definition) is 5. The minimum absolute atomic E-state index is 0.0243. The summed E-state index contributed by atoms with van der Waals surface area (Å²) in [6.45, 7) is 0.757. The molecule has 0 radical (unpaired) electrons. The number of tetrazole rings is 1. The highest BCUT2D eigenvalue weighted by molar-refractivity contribution is 5.95. The van der Waals surface area contributed by atoms with E-state index in [0.29, 0.717) is 5.56 Å². The van der Waals surface area contributed by atoms with Crippen molar-refractivity contribution in [1.82, 2.24) is 34.9 Å². The van der Waals surface area contributed by atoms with Gasteiger partial charge in [-0.2, -0.15) is 5.10 Å². The molecule has 24 heavy (non-hydrogen) atoms. The van der Waals surface area contributed by atoms with E-state index >= 15 is 0 Å². The quantitative estimate of drug-likeness (QED) is 0.727. The normalized spacial score (nSPS) is 17.4. The Balaban J connectivity index is 1.62. The van der Waals surface area contributed by atoms with Crippen LogP contribution in [-0.2, 0) is 7.05 Å². The molecule has 3 heterocycles. The van der Waals surface area contributed by atoms with Gasteiger partial charge in [-0.15, -0.1) is 5.10 Å². The van der Waals surface area contributed by atoms with Gasteiger partial charge >= 0.3 is 0 Å². The van der Waals surface area contributed by atoms with Gasteiger partial charge in [0.15, 0.2) is 0 Å². The van der Waals surface area contributed by atoms with Gasteiger partial charge in [0, 0.05) is 30.9 Å². The number of benzene rings is 1. The second kappa shape index (κ2) is 5.88. The first-order chi connectivity index (χ1) is 11.7. The summed E-state index contributed by atoms with van der Waals surface area (Å²) < 4.78 is 3.31. The molecule has 0 spiro atoms. The fourth-order valence-electron chi connectivity index (χ4n) is 3.20. The van der Waals surface area contributed by atoms with Crippen molar-refractivity contribution >= 4 is 5.91 Å². The predicted octanol–water partition coefficient (Wildman–Crippen LogP) is 1.37. The molecular weight excluding hydrogens is 306 g/mol. The standard InChI is InChI=1S/C16H17N7O/c1-21-10-13(9-18-21)15-6-3-7-22(15)16(24)12-4-2-5-14(8-12)23-11-17-19-20-23/h2,4-5,8-11,15H,3,6-7H2,1H3/t15-/m1/s1. The van der Waals surface area contributed by atoms with Gasteiger partial charge in [-0.25, -0.2) is 4.68 Å². The molecule has 0 saturated carbocycles. The van der Waals surface area contributed by atoms with Crippen molar-refractivity contribution in [3.63, 3.8) is 0 Å². The molecule has 8 heteroatoms. The number of carbonyl (C=O) groups is 1. The number of likely N-dealkylation sites (tertiary alicyclic amines) is 1. The molecule has 0 unspecified atom stereocenters. The van der Waals surface area contributed by atoms with Gasteiger partial charge in [0.25, 0.3) is 5.91 Å². The van der Waals surface area contributed by atoms with Crippen LogP contribution >= 0.6 is 0 Å². The van der Waals surface area contributed by atoms with E-state index in [2.05, 4.69) is 20.6 Å². The number of rotatable bonds is 3. The average molecular weight is 323 g/mol. The van der Waals surface area contributed by atoms with Gasteiger partial charge in [0.05, 0.1) is 17.9 Å². The number of amides is 1. The molecule has 122 valence electrons. The maximum Gasteiger partial charge on any atom is 0.254 e. The molecule has 0 aliphatic carbocycles. The zero-order chi connectivity index (χ0) is 16.5. The minimum atomic E-state index is 0.0243. The van der Waals surface area contributed by atoms with Crippen LogP contribution in [0.3, 0.4) is 0 Å². The van der Waals surface area contributed by atoms with Crippen LogP contribution in [0.25, 0.3) is 5.69 Å². The zero-order valence-electron chi connectivity index (χ0n) is 13.3. The van der Waals surface area contributed by atoms with E-state index in [9.17, 15) is 4.79 Å². The molecule has 1 saturated heterocycles. The topological polar surface area (TPSA) is 81.7 Å². The highest BCUT2D eigenvalue weighted by atomic mass is 16.2. The van der Waals surface area contributed by atoms with Gasteiger partial charge in [-0.3, -0.25) is 9.48 Å². The largest absolute Gasteiger partial charge is 0.331 e. The molecule has 1 aliphatic heterocycles. The van der Waals surface area contributed by atoms with Crippen LogP contribution < -0.4 is 0 Å². The number of aryl methyl sites for hydroxylation is 1. The molecular formula is C16H17N7O. The summed E-state index contributed by atoms with van der Waals surface area (Å²) in [7, 11) is 1.89. The summed E-state index contributed by atoms with van der Waals surface area (Å²) in [5.41, 5.74) is 2.49. The van der Waals surface area contributed by atoms with E-state index in [1.807, 2.05) is 48.6 Å². The fourth-order valence-corrected chi connectivity index (χ4v) is 3.20. The zero-order valence-corrected chi connectivity index (χ0v) is 13.3. The van der Waals surface area contributed by atoms with Crippen LogP contribution in [0.4, 0.5) is 0 Å². The van der Waals surface area contributed by atoms with Crippen molar-refractivity contribution in [3.05, 3.63) is 54.1 Å². The Hall–Kier alpha value is -3.03. The van der Waals surface area contributed by atoms with Crippen molar-refractivity contribution in [3.8, 4) is 5.69 Å². The van der Waals surface area contributed by atoms with Gasteiger partial charge in [0.1, 0.15) is 6.33 Å². The van der Waals surface area contributed by atoms with E-state index in [4.69, 9.17) is 0 Å². The second-order valence-corrected chi connectivity index (χ2v) is 5.91. The Labute approximate surface area is 138 Å². The van der Waals surface area contributed by atoms with Crippen LogP contribution in [0.1, 0.15) is 34.8 Å². The SMILES string of the molecule is Cn1cc([C@H]2CCCN2C(=O)c2cccc(-n3cnnn3)c2)cn1. The maximum absolute atomic E-state index is 13.0. The molecule has 2 aromatic heterocycles. The first kappa shape index (κ1) is 14.6. The third kappa shape index (κ3) is 2.55. The number of carbonyl (C=O) groups excluding carboxylic acids is 1. The summed E-state index contributed by atoms with van der Waals surface area (Å²) in [6, 6.07) is 7.45. The van der Waals surface area contributed by atoms with Gasteiger partial charge in [0.2, 0.25) is 0 Å². The Kier molecular flexibility index (Phi) is 3.56. The molecule has 0 bridgehead atoms. The van der Waals surface area contributed by atoms with Crippen molar-refractivity contribution in [2.45, 2.75) is 18.9 Å². The van der Waals surface area contributed by atoms with E-state index in [1.54, 1.807) is 9.36 Å². The third-order valence-electron chi connectivity index (χ3n) is 4.33. The van der Waals surface area contributed by atoms with Crippen LogP contribution in [-0.4, -0.2) is 47.3 Å².